The molecule has 92 valence electrons. The second-order valence-corrected chi connectivity index (χ2v) is 4.36. The van der Waals surface area contributed by atoms with Gasteiger partial charge in [-0.05, 0) is 25.1 Å². The van der Waals surface area contributed by atoms with Crippen molar-refractivity contribution >= 4 is 29.5 Å². The number of halogens is 3. The lowest BCUT2D eigenvalue weighted by Crippen LogP contribution is -2.00. The van der Waals surface area contributed by atoms with Crippen LogP contribution in [0, 0.1) is 12.7 Å². The number of aryl methyl sites for hydroxylation is 1. The van der Waals surface area contributed by atoms with Crippen molar-refractivity contribution in [2.45, 2.75) is 6.92 Å². The summed E-state index contributed by atoms with van der Waals surface area (Å²) in [7, 11) is 0. The third-order valence-corrected chi connectivity index (χ3v) is 2.84. The lowest BCUT2D eigenvalue weighted by atomic mass is 10.1. The van der Waals surface area contributed by atoms with Gasteiger partial charge in [0.05, 0.1) is 11.3 Å². The minimum atomic E-state index is -0.570. The van der Waals surface area contributed by atoms with Gasteiger partial charge in [0.15, 0.2) is 6.29 Å². The summed E-state index contributed by atoms with van der Waals surface area (Å²) in [4.78, 5) is 18.9. The van der Waals surface area contributed by atoms with E-state index in [0.717, 1.165) is 6.07 Å². The molecule has 0 saturated heterocycles. The fraction of sp³-hybridized carbons (Fsp3) is 0.0833. The van der Waals surface area contributed by atoms with Crippen LogP contribution in [0.25, 0.3) is 11.3 Å². The summed E-state index contributed by atoms with van der Waals surface area (Å²) < 4.78 is 13.8. The van der Waals surface area contributed by atoms with Crippen LogP contribution in [0.2, 0.25) is 10.2 Å². The largest absolute Gasteiger partial charge is 0.298 e. The first kappa shape index (κ1) is 12.9. The summed E-state index contributed by atoms with van der Waals surface area (Å²) >= 11 is 11.5. The third-order valence-electron chi connectivity index (χ3n) is 2.32. The topological polar surface area (TPSA) is 42.9 Å². The summed E-state index contributed by atoms with van der Waals surface area (Å²) in [5.74, 6) is -0.213. The van der Waals surface area contributed by atoms with E-state index in [1.54, 1.807) is 6.92 Å². The fourth-order valence-corrected chi connectivity index (χ4v) is 1.95. The number of nitrogens with zero attached hydrogens (tertiary/aromatic N) is 2. The maximum Gasteiger partial charge on any atom is 0.155 e. The highest BCUT2D eigenvalue weighted by Gasteiger charge is 2.16. The van der Waals surface area contributed by atoms with Crippen molar-refractivity contribution in [1.29, 1.82) is 0 Å². The molecule has 0 radical (unpaired) electrons. The normalized spacial score (nSPS) is 10.4. The predicted molar refractivity (Wildman–Crippen MR) is 67.6 cm³/mol. The molecule has 0 bridgehead atoms. The van der Waals surface area contributed by atoms with E-state index in [1.807, 2.05) is 0 Å². The average Bonchev–Trinajstić information content (AvgIpc) is 2.28. The van der Waals surface area contributed by atoms with Crippen LogP contribution >= 0.6 is 23.2 Å². The van der Waals surface area contributed by atoms with E-state index in [-0.39, 0.29) is 27.0 Å². The van der Waals surface area contributed by atoms with E-state index in [0.29, 0.717) is 12.1 Å². The molecule has 0 saturated carbocycles. The maximum atomic E-state index is 13.8. The van der Waals surface area contributed by atoms with Crippen LogP contribution in [0.5, 0.6) is 0 Å². The quantitative estimate of drug-likeness (QED) is 0.624. The molecule has 0 aliphatic carbocycles. The number of carbonyl (C=O) groups excluding carboxylic acids is 1. The van der Waals surface area contributed by atoms with Crippen LogP contribution in [0.4, 0.5) is 4.39 Å². The molecule has 2 rings (SSSR count). The summed E-state index contributed by atoms with van der Waals surface area (Å²) in [6.45, 7) is 1.61. The van der Waals surface area contributed by atoms with Crippen molar-refractivity contribution in [2.75, 3.05) is 0 Å². The number of carbonyl (C=O) groups is 1. The average molecular weight is 285 g/mol. The molecule has 0 N–H and O–H groups in total. The van der Waals surface area contributed by atoms with Crippen molar-refractivity contribution in [1.82, 2.24) is 9.97 Å². The van der Waals surface area contributed by atoms with Crippen molar-refractivity contribution in [3.8, 4) is 11.3 Å². The highest BCUT2D eigenvalue weighted by Crippen LogP contribution is 2.28. The Morgan fingerprint density at radius 3 is 2.61 bits per heavy atom. The van der Waals surface area contributed by atoms with Crippen LogP contribution in [-0.2, 0) is 0 Å². The Balaban J connectivity index is 2.73. The minimum absolute atomic E-state index is 0.00171. The van der Waals surface area contributed by atoms with Crippen molar-refractivity contribution in [3.05, 3.63) is 45.6 Å². The molecular formula is C12H7Cl2FN2O. The van der Waals surface area contributed by atoms with Gasteiger partial charge in [0, 0.05) is 10.6 Å². The number of hydrogen-bond acceptors (Lipinski definition) is 3. The third kappa shape index (κ3) is 2.35. The van der Waals surface area contributed by atoms with E-state index < -0.39 is 5.82 Å². The second-order valence-electron chi connectivity index (χ2n) is 3.57. The number of aldehydes is 1. The first-order valence-corrected chi connectivity index (χ1v) is 5.73. The van der Waals surface area contributed by atoms with Gasteiger partial charge >= 0.3 is 0 Å². The maximum absolute atomic E-state index is 13.8. The first-order chi connectivity index (χ1) is 8.52. The molecule has 0 amide bonds. The molecule has 1 aromatic carbocycles. The van der Waals surface area contributed by atoms with Crippen LogP contribution in [0.15, 0.2) is 18.2 Å². The molecule has 18 heavy (non-hydrogen) atoms. The Hall–Kier alpha value is -1.52. The van der Waals surface area contributed by atoms with Crippen molar-refractivity contribution in [2.24, 2.45) is 0 Å². The van der Waals surface area contributed by atoms with E-state index in [9.17, 15) is 9.18 Å². The van der Waals surface area contributed by atoms with Gasteiger partial charge < -0.3 is 0 Å². The van der Waals surface area contributed by atoms with Crippen LogP contribution in [0.3, 0.4) is 0 Å². The van der Waals surface area contributed by atoms with Crippen LogP contribution in [-0.4, -0.2) is 16.3 Å². The zero-order valence-electron chi connectivity index (χ0n) is 9.25. The number of aromatic nitrogens is 2. The lowest BCUT2D eigenvalue weighted by molar-refractivity contribution is 0.112. The Kier molecular flexibility index (Phi) is 3.59. The van der Waals surface area contributed by atoms with E-state index >= 15 is 0 Å². The molecule has 0 fully saturated rings. The van der Waals surface area contributed by atoms with Gasteiger partial charge in [0.1, 0.15) is 16.8 Å². The molecular weight excluding hydrogens is 278 g/mol. The standard InChI is InChI=1S/C12H7Cl2FN2O/c1-6-16-11(9(5-18)12(14)17-6)8-3-2-7(13)4-10(8)15/h2-5H,1H3. The Labute approximate surface area is 113 Å². The Morgan fingerprint density at radius 1 is 1.28 bits per heavy atom. The monoisotopic (exact) mass is 284 g/mol. The number of rotatable bonds is 2. The smallest absolute Gasteiger partial charge is 0.155 e. The van der Waals surface area contributed by atoms with Gasteiger partial charge in [0.25, 0.3) is 0 Å². The SMILES string of the molecule is Cc1nc(Cl)c(C=O)c(-c2ccc(Cl)cc2F)n1. The molecule has 1 heterocycles. The highest BCUT2D eigenvalue weighted by atomic mass is 35.5. The molecule has 0 atom stereocenters. The second kappa shape index (κ2) is 5.00. The summed E-state index contributed by atoms with van der Waals surface area (Å²) in [5, 5.41) is 0.266. The Bertz CT molecular complexity index is 632. The lowest BCUT2D eigenvalue weighted by Gasteiger charge is -2.08. The predicted octanol–water partition coefficient (Wildman–Crippen LogP) is 3.71. The zero-order chi connectivity index (χ0) is 13.3. The molecule has 0 spiro atoms. The molecule has 0 aliphatic heterocycles. The molecule has 6 heteroatoms. The Morgan fingerprint density at radius 2 is 2.00 bits per heavy atom. The highest BCUT2D eigenvalue weighted by molar-refractivity contribution is 6.32. The van der Waals surface area contributed by atoms with Crippen molar-refractivity contribution in [3.63, 3.8) is 0 Å². The summed E-state index contributed by atoms with van der Waals surface area (Å²) in [6, 6.07) is 4.11. The summed E-state index contributed by atoms with van der Waals surface area (Å²) in [5.41, 5.74) is 0.383. The molecule has 3 nitrogen and oxygen atoms in total. The summed E-state index contributed by atoms with van der Waals surface area (Å²) in [6.07, 6.45) is 0.505. The van der Waals surface area contributed by atoms with E-state index in [4.69, 9.17) is 23.2 Å². The molecule has 0 unspecified atom stereocenters. The molecule has 0 aliphatic rings. The van der Waals surface area contributed by atoms with E-state index in [2.05, 4.69) is 9.97 Å². The van der Waals surface area contributed by atoms with Gasteiger partial charge in [-0.2, -0.15) is 0 Å². The van der Waals surface area contributed by atoms with Crippen molar-refractivity contribution < 1.29 is 9.18 Å². The molecule has 1 aromatic heterocycles. The van der Waals surface area contributed by atoms with Gasteiger partial charge in [0.2, 0.25) is 0 Å². The van der Waals surface area contributed by atoms with Gasteiger partial charge in [-0.25, -0.2) is 14.4 Å². The minimum Gasteiger partial charge on any atom is -0.298 e. The van der Waals surface area contributed by atoms with Gasteiger partial charge in [-0.3, -0.25) is 4.79 Å². The van der Waals surface area contributed by atoms with E-state index in [1.165, 1.54) is 12.1 Å². The van der Waals surface area contributed by atoms with Crippen LogP contribution in [0.1, 0.15) is 16.2 Å². The van der Waals surface area contributed by atoms with Gasteiger partial charge in [-0.1, -0.05) is 23.2 Å². The fourth-order valence-electron chi connectivity index (χ4n) is 1.54. The first-order valence-electron chi connectivity index (χ1n) is 4.97. The molecule has 2 aromatic rings. The zero-order valence-corrected chi connectivity index (χ0v) is 10.8. The number of hydrogen-bond donors (Lipinski definition) is 0. The van der Waals surface area contributed by atoms with Crippen LogP contribution < -0.4 is 0 Å². The number of benzene rings is 1. The van der Waals surface area contributed by atoms with Gasteiger partial charge in [-0.15, -0.1) is 0 Å².